The average molecular weight is 892 g/mol. The van der Waals surface area contributed by atoms with Crippen molar-refractivity contribution in [2.24, 2.45) is 0 Å². The third kappa shape index (κ3) is 32.9. The predicted molar refractivity (Wildman–Crippen MR) is 255 cm³/mol. The van der Waals surface area contributed by atoms with Crippen LogP contribution in [-0.4, -0.2) is 100 Å². The molecule has 0 aromatic heterocycles. The fourth-order valence-electron chi connectivity index (χ4n) is 7.50. The Kier molecular flexibility index (Phi) is 39.3. The molecule has 0 radical (unpaired) electrons. The fraction of sp³-hybridized carbons (Fsp3) is 0.808. The van der Waals surface area contributed by atoms with Gasteiger partial charge in [0.05, 0.1) is 32.0 Å². The summed E-state index contributed by atoms with van der Waals surface area (Å²) in [6.45, 7) is 4.16. The Morgan fingerprint density at radius 3 is 1.67 bits per heavy atom. The summed E-state index contributed by atoms with van der Waals surface area (Å²) in [5, 5.41) is 54.0. The van der Waals surface area contributed by atoms with Gasteiger partial charge in [0.15, 0.2) is 6.29 Å². The first-order valence-electron chi connectivity index (χ1n) is 25.4. The summed E-state index contributed by atoms with van der Waals surface area (Å²) in [6.07, 6.45) is 40.5. The highest BCUT2D eigenvalue weighted by atomic mass is 16.7. The maximum atomic E-state index is 12.9. The summed E-state index contributed by atoms with van der Waals surface area (Å²) < 4.78 is 16.6. The SMILES string of the molecule is CCCC/C=C\C/C=C\CCCCCCCC(=O)OCCCCC/C=C\CCCCCCCC(=O)NC(COC1OC(CO)C(O)C(O)C1O)C(O)/C=C/CCCCCCCCC. The maximum Gasteiger partial charge on any atom is 0.305 e. The average Bonchev–Trinajstić information content (AvgIpc) is 3.28. The van der Waals surface area contributed by atoms with Gasteiger partial charge in [-0.25, -0.2) is 0 Å². The molecule has 0 aromatic rings. The van der Waals surface area contributed by atoms with E-state index in [1.54, 1.807) is 6.08 Å². The molecule has 63 heavy (non-hydrogen) atoms. The Labute approximate surface area is 383 Å². The van der Waals surface area contributed by atoms with Crippen LogP contribution in [0.5, 0.6) is 0 Å². The van der Waals surface area contributed by atoms with Gasteiger partial charge in [0.25, 0.3) is 0 Å². The van der Waals surface area contributed by atoms with Crippen molar-refractivity contribution < 1.29 is 49.3 Å². The fourth-order valence-corrected chi connectivity index (χ4v) is 7.50. The van der Waals surface area contributed by atoms with Crippen LogP contribution in [0.1, 0.15) is 206 Å². The number of aliphatic hydroxyl groups is 5. The van der Waals surface area contributed by atoms with E-state index in [4.69, 9.17) is 14.2 Å². The van der Waals surface area contributed by atoms with E-state index < -0.39 is 49.5 Å². The standard InChI is InChI=1S/C52H93NO10/c1-3-5-7-9-11-13-14-15-16-20-24-28-32-36-40-48(57)61-41-37-33-29-25-21-18-17-19-23-27-31-35-39-47(56)53-44(45(55)38-34-30-26-22-12-10-8-6-4-2)43-62-52-51(60)50(59)49(58)46(42-54)63-52/h9,11,14-15,18,21,34,38,44-46,49-52,54-55,58-60H,3-8,10,12-13,16-17,19-20,22-33,35-37,39-43H2,1-2H3,(H,53,56)/b11-9-,15-14-,21-18-,38-34+. The molecule has 1 rings (SSSR count). The maximum absolute atomic E-state index is 12.9. The van der Waals surface area contributed by atoms with Crippen LogP contribution >= 0.6 is 0 Å². The van der Waals surface area contributed by atoms with Gasteiger partial charge >= 0.3 is 5.97 Å². The number of carbonyl (C=O) groups is 2. The minimum absolute atomic E-state index is 0.0628. The third-order valence-electron chi connectivity index (χ3n) is 11.7. The first-order valence-corrected chi connectivity index (χ1v) is 25.4. The summed E-state index contributed by atoms with van der Waals surface area (Å²) >= 11 is 0. The number of ether oxygens (including phenoxy) is 3. The van der Waals surface area contributed by atoms with E-state index in [9.17, 15) is 35.1 Å². The highest BCUT2D eigenvalue weighted by molar-refractivity contribution is 5.76. The number of hydrogen-bond donors (Lipinski definition) is 6. The monoisotopic (exact) mass is 892 g/mol. The molecule has 11 nitrogen and oxygen atoms in total. The molecule has 1 saturated heterocycles. The molecule has 7 atom stereocenters. The van der Waals surface area contributed by atoms with Gasteiger partial charge in [-0.3, -0.25) is 9.59 Å². The number of hydrogen-bond acceptors (Lipinski definition) is 10. The number of esters is 1. The van der Waals surface area contributed by atoms with Crippen molar-refractivity contribution in [3.8, 4) is 0 Å². The second-order valence-electron chi connectivity index (χ2n) is 17.5. The summed E-state index contributed by atoms with van der Waals surface area (Å²) in [7, 11) is 0. The van der Waals surface area contributed by atoms with E-state index >= 15 is 0 Å². The predicted octanol–water partition coefficient (Wildman–Crippen LogP) is 10.2. The van der Waals surface area contributed by atoms with Crippen molar-refractivity contribution in [1.82, 2.24) is 5.32 Å². The van der Waals surface area contributed by atoms with Crippen molar-refractivity contribution in [3.05, 3.63) is 48.6 Å². The number of unbranched alkanes of at least 4 members (excludes halogenated alkanes) is 22. The van der Waals surface area contributed by atoms with Crippen LogP contribution in [-0.2, 0) is 23.8 Å². The summed E-state index contributed by atoms with van der Waals surface area (Å²) in [4.78, 5) is 25.0. The number of carbonyl (C=O) groups excluding carboxylic acids is 2. The third-order valence-corrected chi connectivity index (χ3v) is 11.7. The van der Waals surface area contributed by atoms with Gasteiger partial charge in [0, 0.05) is 12.8 Å². The molecule has 1 aliphatic heterocycles. The van der Waals surface area contributed by atoms with E-state index in [1.807, 2.05) is 6.08 Å². The van der Waals surface area contributed by atoms with Crippen molar-refractivity contribution >= 4 is 11.9 Å². The quantitative estimate of drug-likeness (QED) is 0.0197. The number of rotatable bonds is 42. The molecular formula is C52H93NO10. The lowest BCUT2D eigenvalue weighted by Crippen LogP contribution is -2.60. The number of allylic oxidation sites excluding steroid dienone is 7. The van der Waals surface area contributed by atoms with E-state index in [-0.39, 0.29) is 18.5 Å². The molecule has 1 heterocycles. The van der Waals surface area contributed by atoms with Crippen LogP contribution in [0.15, 0.2) is 48.6 Å². The normalized spacial score (nSPS) is 20.4. The van der Waals surface area contributed by atoms with Crippen LogP contribution in [0.3, 0.4) is 0 Å². The van der Waals surface area contributed by atoms with Crippen molar-refractivity contribution in [3.63, 3.8) is 0 Å². The second-order valence-corrected chi connectivity index (χ2v) is 17.5. The first kappa shape index (κ1) is 58.6. The smallest absolute Gasteiger partial charge is 0.305 e. The van der Waals surface area contributed by atoms with E-state index in [0.29, 0.717) is 19.4 Å². The van der Waals surface area contributed by atoms with Gasteiger partial charge in [0.2, 0.25) is 5.91 Å². The Hall–Kier alpha value is -2.38. The van der Waals surface area contributed by atoms with Crippen LogP contribution in [0, 0.1) is 0 Å². The van der Waals surface area contributed by atoms with Crippen LogP contribution < -0.4 is 5.32 Å². The summed E-state index contributed by atoms with van der Waals surface area (Å²) in [5.74, 6) is -0.276. The van der Waals surface area contributed by atoms with Gasteiger partial charge in [-0.2, -0.15) is 0 Å². The molecule has 0 spiro atoms. The highest BCUT2D eigenvalue weighted by Gasteiger charge is 2.44. The lowest BCUT2D eigenvalue weighted by atomic mass is 9.99. The zero-order chi connectivity index (χ0) is 46.0. The Morgan fingerprint density at radius 2 is 1.08 bits per heavy atom. The molecule has 0 aromatic carbocycles. The molecule has 7 unspecified atom stereocenters. The van der Waals surface area contributed by atoms with Crippen molar-refractivity contribution in [2.75, 3.05) is 19.8 Å². The molecular weight excluding hydrogens is 799 g/mol. The Morgan fingerprint density at radius 1 is 0.587 bits per heavy atom. The minimum atomic E-state index is -1.58. The molecule has 0 saturated carbocycles. The molecule has 0 aliphatic carbocycles. The first-order chi connectivity index (χ1) is 30.7. The largest absolute Gasteiger partial charge is 0.466 e. The highest BCUT2D eigenvalue weighted by Crippen LogP contribution is 2.22. The van der Waals surface area contributed by atoms with Crippen LogP contribution in [0.2, 0.25) is 0 Å². The van der Waals surface area contributed by atoms with Crippen LogP contribution in [0.4, 0.5) is 0 Å². The lowest BCUT2D eigenvalue weighted by molar-refractivity contribution is -0.302. The molecule has 1 aliphatic rings. The number of nitrogens with one attached hydrogen (secondary N) is 1. The molecule has 6 N–H and O–H groups in total. The van der Waals surface area contributed by atoms with Gasteiger partial charge < -0.3 is 45.1 Å². The topological polar surface area (TPSA) is 175 Å². The zero-order valence-electron chi connectivity index (χ0n) is 39.8. The van der Waals surface area contributed by atoms with Gasteiger partial charge in [-0.15, -0.1) is 0 Å². The number of aliphatic hydroxyl groups excluding tert-OH is 5. The number of amides is 1. The minimum Gasteiger partial charge on any atom is -0.466 e. The van der Waals surface area contributed by atoms with Crippen LogP contribution in [0.25, 0.3) is 0 Å². The Bertz CT molecular complexity index is 1190. The van der Waals surface area contributed by atoms with Crippen molar-refractivity contribution in [2.45, 2.75) is 249 Å². The molecule has 1 amide bonds. The van der Waals surface area contributed by atoms with Gasteiger partial charge in [-0.05, 0) is 89.9 Å². The van der Waals surface area contributed by atoms with E-state index in [0.717, 1.165) is 109 Å². The van der Waals surface area contributed by atoms with E-state index in [1.165, 1.54) is 70.6 Å². The summed E-state index contributed by atoms with van der Waals surface area (Å²) in [6, 6.07) is -0.828. The van der Waals surface area contributed by atoms with Crippen molar-refractivity contribution in [1.29, 1.82) is 0 Å². The lowest BCUT2D eigenvalue weighted by Gasteiger charge is -2.40. The molecule has 366 valence electrons. The van der Waals surface area contributed by atoms with Gasteiger partial charge in [0.1, 0.15) is 24.4 Å². The zero-order valence-corrected chi connectivity index (χ0v) is 39.8. The molecule has 11 heteroatoms. The van der Waals surface area contributed by atoms with E-state index in [2.05, 4.69) is 55.6 Å². The Balaban J connectivity index is 2.17. The van der Waals surface area contributed by atoms with Gasteiger partial charge in [-0.1, -0.05) is 152 Å². The molecule has 1 fully saturated rings. The second kappa shape index (κ2) is 42.3. The summed E-state index contributed by atoms with van der Waals surface area (Å²) in [5.41, 5.74) is 0. The molecule has 0 bridgehead atoms.